The Labute approximate surface area is 103 Å². The minimum atomic E-state index is -3.43. The van der Waals surface area contributed by atoms with Crippen LogP contribution in [0.3, 0.4) is 0 Å². The van der Waals surface area contributed by atoms with E-state index in [0.717, 1.165) is 12.8 Å². The summed E-state index contributed by atoms with van der Waals surface area (Å²) in [6.07, 6.45) is 1.94. The number of rotatable bonds is 6. The van der Waals surface area contributed by atoms with Gasteiger partial charge in [-0.15, -0.1) is 0 Å². The van der Waals surface area contributed by atoms with Crippen molar-refractivity contribution in [1.29, 1.82) is 0 Å². The quantitative estimate of drug-likeness (QED) is 0.764. The first kappa shape index (κ1) is 14.0. The number of nitrogens with one attached hydrogen (secondary N) is 1. The predicted octanol–water partition coefficient (Wildman–Crippen LogP) is 1.98. The van der Waals surface area contributed by atoms with Gasteiger partial charge in [0, 0.05) is 12.2 Å². The van der Waals surface area contributed by atoms with E-state index in [0.29, 0.717) is 18.2 Å². The van der Waals surface area contributed by atoms with E-state index in [9.17, 15) is 8.42 Å². The normalized spacial score (nSPS) is 11.9. The fourth-order valence-corrected chi connectivity index (χ4v) is 2.74. The molecule has 96 valence electrons. The second-order valence-corrected chi connectivity index (χ2v) is 5.87. The van der Waals surface area contributed by atoms with Crippen molar-refractivity contribution in [2.45, 2.75) is 31.6 Å². The van der Waals surface area contributed by atoms with Crippen LogP contribution in [0.1, 0.15) is 26.7 Å². The Balaban J connectivity index is 2.76. The van der Waals surface area contributed by atoms with Crippen molar-refractivity contribution < 1.29 is 8.42 Å². The molecule has 1 aromatic rings. The van der Waals surface area contributed by atoms with Crippen molar-refractivity contribution in [3.05, 3.63) is 24.3 Å². The smallest absolute Gasteiger partial charge is 0.240 e. The van der Waals surface area contributed by atoms with Gasteiger partial charge in [0.25, 0.3) is 0 Å². The Hall–Kier alpha value is -1.07. The van der Waals surface area contributed by atoms with Crippen molar-refractivity contribution in [3.63, 3.8) is 0 Å². The van der Waals surface area contributed by atoms with Crippen LogP contribution in [0.4, 0.5) is 5.69 Å². The molecular weight excluding hydrogens is 236 g/mol. The van der Waals surface area contributed by atoms with Gasteiger partial charge < -0.3 is 5.73 Å². The van der Waals surface area contributed by atoms with E-state index < -0.39 is 10.0 Å². The second kappa shape index (κ2) is 6.02. The highest BCUT2D eigenvalue weighted by Gasteiger charge is 2.15. The molecule has 0 saturated heterocycles. The largest absolute Gasteiger partial charge is 0.399 e. The average molecular weight is 256 g/mol. The molecule has 5 heteroatoms. The Kier molecular flexibility index (Phi) is 4.96. The third kappa shape index (κ3) is 4.02. The van der Waals surface area contributed by atoms with Crippen molar-refractivity contribution in [2.75, 3.05) is 12.3 Å². The maximum Gasteiger partial charge on any atom is 0.240 e. The van der Waals surface area contributed by atoms with Crippen LogP contribution in [0.15, 0.2) is 29.2 Å². The highest BCUT2D eigenvalue weighted by Crippen LogP contribution is 2.13. The van der Waals surface area contributed by atoms with Crippen LogP contribution in [0, 0.1) is 5.92 Å². The molecule has 3 N–H and O–H groups in total. The maximum absolute atomic E-state index is 12.0. The highest BCUT2D eigenvalue weighted by molar-refractivity contribution is 7.89. The number of nitrogens with two attached hydrogens (primary N) is 1. The first-order valence-electron chi connectivity index (χ1n) is 5.84. The molecule has 0 bridgehead atoms. The minimum Gasteiger partial charge on any atom is -0.399 e. The van der Waals surface area contributed by atoms with Crippen molar-refractivity contribution >= 4 is 15.7 Å². The van der Waals surface area contributed by atoms with E-state index in [1.54, 1.807) is 18.2 Å². The molecule has 0 aromatic heterocycles. The van der Waals surface area contributed by atoms with Crippen LogP contribution < -0.4 is 10.5 Å². The van der Waals surface area contributed by atoms with Gasteiger partial charge in [0.2, 0.25) is 10.0 Å². The van der Waals surface area contributed by atoms with E-state index in [1.165, 1.54) is 6.07 Å². The zero-order valence-corrected chi connectivity index (χ0v) is 11.1. The fraction of sp³-hybridized carbons (Fsp3) is 0.500. The maximum atomic E-state index is 12.0. The summed E-state index contributed by atoms with van der Waals surface area (Å²) in [6.45, 7) is 4.59. The topological polar surface area (TPSA) is 72.2 Å². The average Bonchev–Trinajstić information content (AvgIpc) is 2.30. The summed E-state index contributed by atoms with van der Waals surface area (Å²) in [5.41, 5.74) is 6.03. The molecule has 4 nitrogen and oxygen atoms in total. The lowest BCUT2D eigenvalue weighted by Gasteiger charge is -2.13. The zero-order chi connectivity index (χ0) is 12.9. The number of hydrogen-bond acceptors (Lipinski definition) is 3. The number of hydrogen-bond donors (Lipinski definition) is 2. The third-order valence-corrected chi connectivity index (χ3v) is 4.31. The molecule has 17 heavy (non-hydrogen) atoms. The van der Waals surface area contributed by atoms with Gasteiger partial charge in [-0.25, -0.2) is 13.1 Å². The molecule has 1 aromatic carbocycles. The lowest BCUT2D eigenvalue weighted by atomic mass is 10.0. The number of anilines is 1. The third-order valence-electron chi connectivity index (χ3n) is 2.89. The van der Waals surface area contributed by atoms with Gasteiger partial charge in [-0.05, 0) is 24.1 Å². The molecule has 0 heterocycles. The lowest BCUT2D eigenvalue weighted by Crippen LogP contribution is -2.29. The predicted molar refractivity (Wildman–Crippen MR) is 70.1 cm³/mol. The van der Waals surface area contributed by atoms with Gasteiger partial charge in [0.05, 0.1) is 4.90 Å². The van der Waals surface area contributed by atoms with E-state index in [2.05, 4.69) is 18.6 Å². The molecule has 0 radical (unpaired) electrons. The van der Waals surface area contributed by atoms with Crippen molar-refractivity contribution in [1.82, 2.24) is 4.72 Å². The van der Waals surface area contributed by atoms with E-state index >= 15 is 0 Å². The highest BCUT2D eigenvalue weighted by atomic mass is 32.2. The summed E-state index contributed by atoms with van der Waals surface area (Å²) in [5.74, 6) is 0.380. The van der Waals surface area contributed by atoms with E-state index in [1.807, 2.05) is 0 Å². The van der Waals surface area contributed by atoms with Crippen LogP contribution in [0.25, 0.3) is 0 Å². The van der Waals surface area contributed by atoms with Gasteiger partial charge in [0.1, 0.15) is 0 Å². The van der Waals surface area contributed by atoms with Gasteiger partial charge in [0.15, 0.2) is 0 Å². The van der Waals surface area contributed by atoms with Gasteiger partial charge in [-0.2, -0.15) is 0 Å². The summed E-state index contributed by atoms with van der Waals surface area (Å²) in [4.78, 5) is 0.225. The molecule has 0 aliphatic rings. The molecule has 0 atom stereocenters. The molecule has 0 spiro atoms. The van der Waals surface area contributed by atoms with Crippen LogP contribution in [-0.2, 0) is 10.0 Å². The summed E-state index contributed by atoms with van der Waals surface area (Å²) in [5, 5.41) is 0. The number of nitrogen functional groups attached to an aromatic ring is 1. The van der Waals surface area contributed by atoms with Crippen LogP contribution in [0.2, 0.25) is 0 Å². The van der Waals surface area contributed by atoms with Crippen molar-refractivity contribution in [2.24, 2.45) is 5.92 Å². The van der Waals surface area contributed by atoms with Gasteiger partial charge >= 0.3 is 0 Å². The molecule has 0 fully saturated rings. The number of benzene rings is 1. The molecule has 1 rings (SSSR count). The standard InChI is InChI=1S/C12H20N2O2S/c1-3-10(4-2)9-14-17(15,16)12-7-5-6-11(13)8-12/h5-8,10,14H,3-4,9,13H2,1-2H3. The molecule has 0 aliphatic carbocycles. The Bertz CT molecular complexity index is 453. The monoisotopic (exact) mass is 256 g/mol. The molecule has 0 aliphatic heterocycles. The second-order valence-electron chi connectivity index (χ2n) is 4.11. The van der Waals surface area contributed by atoms with E-state index in [4.69, 9.17) is 5.73 Å². The molecule has 0 amide bonds. The Morgan fingerprint density at radius 3 is 2.47 bits per heavy atom. The fourth-order valence-electron chi connectivity index (χ4n) is 1.57. The van der Waals surface area contributed by atoms with Gasteiger partial charge in [-0.1, -0.05) is 32.8 Å². The minimum absolute atomic E-state index is 0.225. The zero-order valence-electron chi connectivity index (χ0n) is 10.3. The summed E-state index contributed by atoms with van der Waals surface area (Å²) < 4.78 is 26.5. The molecular formula is C12H20N2O2S. The SMILES string of the molecule is CCC(CC)CNS(=O)(=O)c1cccc(N)c1. The molecule has 0 unspecified atom stereocenters. The summed E-state index contributed by atoms with van der Waals surface area (Å²) in [6, 6.07) is 6.32. The summed E-state index contributed by atoms with van der Waals surface area (Å²) in [7, 11) is -3.43. The first-order valence-corrected chi connectivity index (χ1v) is 7.33. The van der Waals surface area contributed by atoms with Gasteiger partial charge in [-0.3, -0.25) is 0 Å². The summed E-state index contributed by atoms with van der Waals surface area (Å²) >= 11 is 0. The van der Waals surface area contributed by atoms with Crippen LogP contribution in [0.5, 0.6) is 0 Å². The van der Waals surface area contributed by atoms with E-state index in [-0.39, 0.29) is 4.90 Å². The number of sulfonamides is 1. The Morgan fingerprint density at radius 2 is 1.94 bits per heavy atom. The van der Waals surface area contributed by atoms with Crippen LogP contribution in [-0.4, -0.2) is 15.0 Å². The first-order chi connectivity index (χ1) is 7.99. The molecule has 0 saturated carbocycles. The Morgan fingerprint density at radius 1 is 1.29 bits per heavy atom. The van der Waals surface area contributed by atoms with Crippen molar-refractivity contribution in [3.8, 4) is 0 Å². The lowest BCUT2D eigenvalue weighted by molar-refractivity contribution is 0.479. The van der Waals surface area contributed by atoms with Crippen LogP contribution >= 0.6 is 0 Å².